The van der Waals surface area contributed by atoms with Gasteiger partial charge in [0, 0.05) is 38.5 Å². The molecule has 1 aromatic heterocycles. The van der Waals surface area contributed by atoms with Gasteiger partial charge in [0.2, 0.25) is 0 Å². The molecule has 2 fully saturated rings. The maximum Gasteiger partial charge on any atom is 0.265 e. The Morgan fingerprint density at radius 2 is 2.12 bits per heavy atom. The average molecular weight is 357 g/mol. The minimum Gasteiger partial charge on any atom is -0.371 e. The molecule has 2 aliphatic heterocycles. The number of nitrogens with zero attached hydrogens (tertiary/aromatic N) is 3. The standard InChI is InChI=1S/C19H23N3O2S/c1-14-4-2-5-15(12-14)21-7-9-22(10-8-21)19(23)17-13-20-18(25-17)16-6-3-11-24-16/h2,4-5,12-13,16H,3,6-11H2,1H3. The van der Waals surface area contributed by atoms with E-state index in [0.29, 0.717) is 0 Å². The summed E-state index contributed by atoms with van der Waals surface area (Å²) in [5.41, 5.74) is 2.51. The van der Waals surface area contributed by atoms with Gasteiger partial charge >= 0.3 is 0 Å². The summed E-state index contributed by atoms with van der Waals surface area (Å²) in [5, 5.41) is 0.944. The van der Waals surface area contributed by atoms with Crippen molar-refractivity contribution in [3.05, 3.63) is 45.9 Å². The highest BCUT2D eigenvalue weighted by molar-refractivity contribution is 7.13. The van der Waals surface area contributed by atoms with Crippen molar-refractivity contribution in [1.29, 1.82) is 0 Å². The topological polar surface area (TPSA) is 45.7 Å². The molecule has 2 aromatic rings. The number of carbonyl (C=O) groups is 1. The van der Waals surface area contributed by atoms with Gasteiger partial charge in [-0.05, 0) is 37.5 Å². The molecular weight excluding hydrogens is 334 g/mol. The summed E-state index contributed by atoms with van der Waals surface area (Å²) in [6, 6.07) is 8.54. The summed E-state index contributed by atoms with van der Waals surface area (Å²) in [6.07, 6.45) is 3.89. The second kappa shape index (κ2) is 7.14. The van der Waals surface area contributed by atoms with Crippen LogP contribution in [-0.4, -0.2) is 48.6 Å². The number of thiazole rings is 1. The lowest BCUT2D eigenvalue weighted by Crippen LogP contribution is -2.48. The van der Waals surface area contributed by atoms with Crippen LogP contribution in [0.5, 0.6) is 0 Å². The fourth-order valence-electron chi connectivity index (χ4n) is 3.46. The Morgan fingerprint density at radius 1 is 1.28 bits per heavy atom. The van der Waals surface area contributed by atoms with E-state index in [-0.39, 0.29) is 12.0 Å². The summed E-state index contributed by atoms with van der Waals surface area (Å²) in [5.74, 6) is 0.102. The van der Waals surface area contributed by atoms with E-state index in [4.69, 9.17) is 4.74 Å². The molecule has 0 radical (unpaired) electrons. The zero-order chi connectivity index (χ0) is 17.2. The van der Waals surface area contributed by atoms with Gasteiger partial charge in [-0.15, -0.1) is 11.3 Å². The first-order chi connectivity index (χ1) is 12.2. The molecule has 1 unspecified atom stereocenters. The molecular formula is C19H23N3O2S. The van der Waals surface area contributed by atoms with Crippen LogP contribution >= 0.6 is 11.3 Å². The zero-order valence-corrected chi connectivity index (χ0v) is 15.3. The highest BCUT2D eigenvalue weighted by Crippen LogP contribution is 2.31. The summed E-state index contributed by atoms with van der Waals surface area (Å²) in [7, 11) is 0. The van der Waals surface area contributed by atoms with Crippen molar-refractivity contribution in [3.63, 3.8) is 0 Å². The first-order valence-corrected chi connectivity index (χ1v) is 9.70. The third-order valence-corrected chi connectivity index (χ3v) is 5.95. The van der Waals surface area contributed by atoms with Crippen molar-refractivity contribution in [2.75, 3.05) is 37.7 Å². The van der Waals surface area contributed by atoms with Gasteiger partial charge in [0.15, 0.2) is 0 Å². The van der Waals surface area contributed by atoms with E-state index in [0.717, 1.165) is 55.5 Å². The molecule has 25 heavy (non-hydrogen) atoms. The molecule has 2 saturated heterocycles. The Balaban J connectivity index is 1.38. The maximum absolute atomic E-state index is 12.8. The molecule has 0 aliphatic carbocycles. The van der Waals surface area contributed by atoms with Crippen LogP contribution in [0, 0.1) is 6.92 Å². The van der Waals surface area contributed by atoms with E-state index < -0.39 is 0 Å². The van der Waals surface area contributed by atoms with Crippen LogP contribution in [0.4, 0.5) is 5.69 Å². The SMILES string of the molecule is Cc1cccc(N2CCN(C(=O)c3cnc(C4CCCO4)s3)CC2)c1. The highest BCUT2D eigenvalue weighted by atomic mass is 32.1. The Labute approximate surface area is 152 Å². The van der Waals surface area contributed by atoms with E-state index in [2.05, 4.69) is 41.1 Å². The lowest BCUT2D eigenvalue weighted by molar-refractivity contribution is 0.0751. The Bertz CT molecular complexity index is 747. The van der Waals surface area contributed by atoms with Crippen LogP contribution in [0.15, 0.2) is 30.5 Å². The number of piperazine rings is 1. The summed E-state index contributed by atoms with van der Waals surface area (Å²) >= 11 is 1.49. The molecule has 5 nitrogen and oxygen atoms in total. The van der Waals surface area contributed by atoms with E-state index >= 15 is 0 Å². The van der Waals surface area contributed by atoms with E-state index in [1.54, 1.807) is 6.20 Å². The smallest absolute Gasteiger partial charge is 0.265 e. The molecule has 2 aliphatic rings. The summed E-state index contributed by atoms with van der Waals surface area (Å²) in [6.45, 7) is 6.15. The number of amides is 1. The van der Waals surface area contributed by atoms with Crippen molar-refractivity contribution in [2.45, 2.75) is 25.9 Å². The van der Waals surface area contributed by atoms with E-state index in [1.807, 2.05) is 4.90 Å². The van der Waals surface area contributed by atoms with Gasteiger partial charge in [0.25, 0.3) is 5.91 Å². The molecule has 0 bridgehead atoms. The largest absolute Gasteiger partial charge is 0.371 e. The molecule has 1 aromatic carbocycles. The normalized spacial score (nSPS) is 20.9. The van der Waals surface area contributed by atoms with E-state index in [9.17, 15) is 4.79 Å². The second-order valence-corrected chi connectivity index (χ2v) is 7.74. The van der Waals surface area contributed by atoms with Crippen LogP contribution < -0.4 is 4.90 Å². The van der Waals surface area contributed by atoms with Gasteiger partial charge in [-0.3, -0.25) is 4.79 Å². The molecule has 0 spiro atoms. The van der Waals surface area contributed by atoms with Crippen LogP contribution in [0.2, 0.25) is 0 Å². The summed E-state index contributed by atoms with van der Waals surface area (Å²) in [4.78, 5) is 22.2. The third kappa shape index (κ3) is 3.55. The third-order valence-electron chi connectivity index (χ3n) is 4.87. The number of aromatic nitrogens is 1. The minimum absolute atomic E-state index is 0.0877. The van der Waals surface area contributed by atoms with Crippen LogP contribution in [0.25, 0.3) is 0 Å². The first-order valence-electron chi connectivity index (χ1n) is 8.89. The molecule has 0 saturated carbocycles. The molecule has 132 valence electrons. The second-order valence-electron chi connectivity index (χ2n) is 6.68. The van der Waals surface area contributed by atoms with Gasteiger partial charge in [0.1, 0.15) is 16.0 Å². The quantitative estimate of drug-likeness (QED) is 0.846. The predicted molar refractivity (Wildman–Crippen MR) is 99.3 cm³/mol. The molecule has 3 heterocycles. The predicted octanol–water partition coefficient (Wildman–Crippen LogP) is 3.27. The van der Waals surface area contributed by atoms with E-state index in [1.165, 1.54) is 22.6 Å². The monoisotopic (exact) mass is 357 g/mol. The van der Waals surface area contributed by atoms with Gasteiger partial charge in [0.05, 0.1) is 6.20 Å². The highest BCUT2D eigenvalue weighted by Gasteiger charge is 2.26. The molecule has 1 atom stereocenters. The lowest BCUT2D eigenvalue weighted by atomic mass is 10.2. The number of rotatable bonds is 3. The van der Waals surface area contributed by atoms with Crippen LogP contribution in [0.1, 0.15) is 39.2 Å². The maximum atomic E-state index is 12.8. The average Bonchev–Trinajstić information content (AvgIpc) is 3.32. The fourth-order valence-corrected chi connectivity index (χ4v) is 4.43. The molecule has 1 amide bonds. The zero-order valence-electron chi connectivity index (χ0n) is 14.5. The molecule has 6 heteroatoms. The first kappa shape index (κ1) is 16.5. The van der Waals surface area contributed by atoms with Gasteiger partial charge in [-0.25, -0.2) is 4.98 Å². The van der Waals surface area contributed by atoms with Gasteiger partial charge in [-0.2, -0.15) is 0 Å². The fraction of sp³-hybridized carbons (Fsp3) is 0.474. The van der Waals surface area contributed by atoms with Crippen molar-refractivity contribution < 1.29 is 9.53 Å². The number of benzene rings is 1. The van der Waals surface area contributed by atoms with Crippen LogP contribution in [-0.2, 0) is 4.74 Å². The Morgan fingerprint density at radius 3 is 2.84 bits per heavy atom. The number of hydrogen-bond acceptors (Lipinski definition) is 5. The molecule has 4 rings (SSSR count). The van der Waals surface area contributed by atoms with Crippen molar-refractivity contribution in [1.82, 2.24) is 9.88 Å². The van der Waals surface area contributed by atoms with Gasteiger partial charge in [-0.1, -0.05) is 12.1 Å². The number of hydrogen-bond donors (Lipinski definition) is 0. The van der Waals surface area contributed by atoms with Crippen molar-refractivity contribution in [2.24, 2.45) is 0 Å². The minimum atomic E-state index is 0.0877. The Hall–Kier alpha value is -1.92. The Kier molecular flexibility index (Phi) is 4.72. The summed E-state index contributed by atoms with van der Waals surface area (Å²) < 4.78 is 5.67. The number of carbonyl (C=O) groups excluding carboxylic acids is 1. The number of aryl methyl sites for hydroxylation is 1. The number of anilines is 1. The molecule has 0 N–H and O–H groups in total. The van der Waals surface area contributed by atoms with Gasteiger partial charge < -0.3 is 14.5 Å². The van der Waals surface area contributed by atoms with Crippen molar-refractivity contribution >= 4 is 22.9 Å². The van der Waals surface area contributed by atoms with Crippen LogP contribution in [0.3, 0.4) is 0 Å². The lowest BCUT2D eigenvalue weighted by Gasteiger charge is -2.36. The number of ether oxygens (including phenoxy) is 1. The van der Waals surface area contributed by atoms with Crippen molar-refractivity contribution in [3.8, 4) is 0 Å².